The van der Waals surface area contributed by atoms with Crippen LogP contribution < -0.4 is 0 Å². The quantitative estimate of drug-likeness (QED) is 0.162. The zero-order valence-corrected chi connectivity index (χ0v) is 21.6. The molecule has 1 aliphatic carbocycles. The van der Waals surface area contributed by atoms with Gasteiger partial charge in [-0.15, -0.1) is 0 Å². The monoisotopic (exact) mass is 665 g/mol. The van der Waals surface area contributed by atoms with Crippen LogP contribution in [0.15, 0.2) is 16.7 Å². The van der Waals surface area contributed by atoms with Crippen molar-refractivity contribution in [2.24, 2.45) is 0 Å². The molecule has 4 rings (SSSR count). The van der Waals surface area contributed by atoms with Gasteiger partial charge in [-0.3, -0.25) is 0 Å². The van der Waals surface area contributed by atoms with Gasteiger partial charge in [-0.25, -0.2) is 57.1 Å². The number of rotatable bonds is 3. The molecule has 5 nitrogen and oxygen atoms in total. The number of hydrogen-bond acceptors (Lipinski definition) is 5. The fourth-order valence-corrected chi connectivity index (χ4v) is 4.33. The summed E-state index contributed by atoms with van der Waals surface area (Å²) >= 11 is 0. The van der Waals surface area contributed by atoms with E-state index < -0.39 is 137 Å². The van der Waals surface area contributed by atoms with Gasteiger partial charge < -0.3 is 0 Å². The molecule has 0 bridgehead atoms. The van der Waals surface area contributed by atoms with E-state index in [-0.39, 0.29) is 0 Å². The minimum absolute atomic E-state index is 0.708. The molecule has 232 valence electrons. The number of hydrogen-bond donors (Lipinski definition) is 0. The van der Waals surface area contributed by atoms with Crippen molar-refractivity contribution in [2.75, 3.05) is 0 Å². The molecule has 0 unspecified atom stereocenters. The van der Waals surface area contributed by atoms with Gasteiger partial charge in [-0.1, -0.05) is 0 Å². The smallest absolute Gasteiger partial charge is 0.180 e. The molecule has 1 aliphatic rings. The summed E-state index contributed by atoms with van der Waals surface area (Å²) in [4.78, 5) is 0. The van der Waals surface area contributed by atoms with E-state index in [0.717, 1.165) is 24.3 Å². The largest absolute Gasteiger partial charge is 0.205 e. The zero-order chi connectivity index (χ0) is 35.4. The van der Waals surface area contributed by atoms with Crippen LogP contribution in [0.5, 0.6) is 0 Å². The standard InChI is InChI=1S/C29F13N5/c30-17-8(3-45)18(31)25(38)13(24(17)37)6(1-43)11-12(7(2-44)14-26(39)19(32)9(4-46)20(33)27(14)40)15(11)23(36)16-28(41)21(34)10(5-47)22(35)29(16)42. The highest BCUT2D eigenvalue weighted by Gasteiger charge is 2.46. The molecule has 0 N–H and O–H groups in total. The number of nitriles is 5. The van der Waals surface area contributed by atoms with Crippen molar-refractivity contribution < 1.29 is 57.1 Å². The lowest BCUT2D eigenvalue weighted by atomic mass is 9.99. The molecule has 0 saturated heterocycles. The highest BCUT2D eigenvalue weighted by molar-refractivity contribution is 6.10. The van der Waals surface area contributed by atoms with E-state index in [0.29, 0.717) is 6.07 Å². The molecule has 3 aromatic carbocycles. The first-order valence-electron chi connectivity index (χ1n) is 11.6. The van der Waals surface area contributed by atoms with Gasteiger partial charge in [0.25, 0.3) is 0 Å². The summed E-state index contributed by atoms with van der Waals surface area (Å²) in [6.45, 7) is 0. The van der Waals surface area contributed by atoms with Gasteiger partial charge in [0.05, 0.1) is 27.8 Å². The summed E-state index contributed by atoms with van der Waals surface area (Å²) in [6, 6.07) is 3.93. The Morgan fingerprint density at radius 1 is 0.340 bits per heavy atom. The topological polar surface area (TPSA) is 119 Å². The molecule has 0 atom stereocenters. The SMILES string of the molecule is N#CC(=C1C(=C(F)c2c(F)c(F)c(C#N)c(F)c2F)C1=C(C#N)c1c(F)c(F)c(C#N)c(F)c1F)c1c(F)c(F)c(C#N)c(F)c1F. The molecule has 0 aliphatic heterocycles. The van der Waals surface area contributed by atoms with Crippen LogP contribution >= 0.6 is 0 Å². The van der Waals surface area contributed by atoms with Crippen LogP contribution in [0.3, 0.4) is 0 Å². The van der Waals surface area contributed by atoms with Gasteiger partial charge in [0.2, 0.25) is 0 Å². The molecule has 0 amide bonds. The Morgan fingerprint density at radius 3 is 0.787 bits per heavy atom. The summed E-state index contributed by atoms with van der Waals surface area (Å²) < 4.78 is 191. The van der Waals surface area contributed by atoms with E-state index in [9.17, 15) is 63.2 Å². The van der Waals surface area contributed by atoms with Gasteiger partial charge in [0, 0.05) is 16.7 Å². The first-order chi connectivity index (χ1) is 22.1. The second-order valence-corrected chi connectivity index (χ2v) is 8.77. The van der Waals surface area contributed by atoms with Crippen LogP contribution in [0.25, 0.3) is 17.0 Å². The third kappa shape index (κ3) is 4.61. The molecule has 3 aromatic rings. The number of halogens is 13. The lowest BCUT2D eigenvalue weighted by Gasteiger charge is -2.08. The van der Waals surface area contributed by atoms with Crippen LogP contribution in [0.2, 0.25) is 0 Å². The summed E-state index contributed by atoms with van der Waals surface area (Å²) in [5.41, 5.74) is -21.2. The third-order valence-corrected chi connectivity index (χ3v) is 6.48. The van der Waals surface area contributed by atoms with Crippen LogP contribution in [0.4, 0.5) is 57.1 Å². The Balaban J connectivity index is 2.33. The second-order valence-electron chi connectivity index (χ2n) is 8.77. The average Bonchev–Trinajstić information content (AvgIpc) is 3.77. The summed E-state index contributed by atoms with van der Waals surface area (Å²) in [5, 5.41) is 45.7. The molecule has 1 saturated carbocycles. The molecule has 0 spiro atoms. The van der Waals surface area contributed by atoms with Gasteiger partial charge in [-0.05, 0) is 0 Å². The van der Waals surface area contributed by atoms with Crippen molar-refractivity contribution in [1.82, 2.24) is 0 Å². The number of nitrogens with zero attached hydrogens (tertiary/aromatic N) is 5. The predicted molar refractivity (Wildman–Crippen MR) is 126 cm³/mol. The van der Waals surface area contributed by atoms with E-state index >= 15 is 4.39 Å². The maximum atomic E-state index is 15.9. The molecular weight excluding hydrogens is 665 g/mol. The fourth-order valence-electron chi connectivity index (χ4n) is 4.33. The maximum Gasteiger partial charge on any atom is 0.180 e. The average molecular weight is 665 g/mol. The Hall–Kier alpha value is -6.58. The van der Waals surface area contributed by atoms with Crippen molar-refractivity contribution in [3.05, 3.63) is 120 Å². The van der Waals surface area contributed by atoms with Gasteiger partial charge >= 0.3 is 0 Å². The van der Waals surface area contributed by atoms with Crippen molar-refractivity contribution in [3.63, 3.8) is 0 Å². The highest BCUT2D eigenvalue weighted by Crippen LogP contribution is 2.57. The molecule has 0 aromatic heterocycles. The lowest BCUT2D eigenvalue weighted by Crippen LogP contribution is -2.06. The zero-order valence-electron chi connectivity index (χ0n) is 21.6. The lowest BCUT2D eigenvalue weighted by molar-refractivity contribution is 0.442. The Morgan fingerprint density at radius 2 is 0.574 bits per heavy atom. The molecule has 1 fully saturated rings. The van der Waals surface area contributed by atoms with E-state index in [2.05, 4.69) is 0 Å². The van der Waals surface area contributed by atoms with Crippen LogP contribution in [0.1, 0.15) is 33.4 Å². The van der Waals surface area contributed by atoms with Crippen LogP contribution in [-0.4, -0.2) is 0 Å². The van der Waals surface area contributed by atoms with Crippen molar-refractivity contribution in [1.29, 1.82) is 26.3 Å². The van der Waals surface area contributed by atoms with Crippen molar-refractivity contribution in [2.45, 2.75) is 0 Å². The van der Waals surface area contributed by atoms with Crippen molar-refractivity contribution in [3.8, 4) is 30.3 Å². The third-order valence-electron chi connectivity index (χ3n) is 6.48. The van der Waals surface area contributed by atoms with E-state index in [1.165, 1.54) is 0 Å². The molecular formula is C29F13N5. The minimum atomic E-state index is -2.70. The normalized spacial score (nSPS) is 14.0. The van der Waals surface area contributed by atoms with Crippen molar-refractivity contribution >= 4 is 17.0 Å². The Kier molecular flexibility index (Phi) is 8.32. The number of allylic oxidation sites excluding steroid dienone is 5. The minimum Gasteiger partial charge on any atom is -0.205 e. The summed E-state index contributed by atoms with van der Waals surface area (Å²) in [5.74, 6) is -33.4. The molecule has 0 radical (unpaired) electrons. The maximum absolute atomic E-state index is 15.9. The van der Waals surface area contributed by atoms with Gasteiger partial charge in [0.1, 0.15) is 52.9 Å². The molecule has 0 heterocycles. The number of benzene rings is 3. The van der Waals surface area contributed by atoms with Gasteiger partial charge in [0.15, 0.2) is 69.8 Å². The van der Waals surface area contributed by atoms with E-state index in [4.69, 9.17) is 15.8 Å². The van der Waals surface area contributed by atoms with E-state index in [1.807, 2.05) is 0 Å². The molecule has 18 heteroatoms. The first-order valence-corrected chi connectivity index (χ1v) is 11.6. The molecule has 47 heavy (non-hydrogen) atoms. The predicted octanol–water partition coefficient (Wildman–Crippen LogP) is 7.62. The van der Waals surface area contributed by atoms with Crippen LogP contribution in [0, 0.1) is 126 Å². The Bertz CT molecular complexity index is 2130. The summed E-state index contributed by atoms with van der Waals surface area (Å²) in [6.07, 6.45) is 0. The Labute approximate surface area is 251 Å². The van der Waals surface area contributed by atoms with E-state index in [1.54, 1.807) is 0 Å². The fraction of sp³-hybridized carbons (Fsp3) is 0. The van der Waals surface area contributed by atoms with Crippen LogP contribution in [-0.2, 0) is 0 Å². The highest BCUT2D eigenvalue weighted by atomic mass is 19.2. The summed E-state index contributed by atoms with van der Waals surface area (Å²) in [7, 11) is 0. The second kappa shape index (κ2) is 11.7. The first kappa shape index (κ1) is 33.3. The van der Waals surface area contributed by atoms with Gasteiger partial charge in [-0.2, -0.15) is 26.3 Å².